The van der Waals surface area contributed by atoms with Crippen molar-refractivity contribution in [3.05, 3.63) is 36.3 Å². The predicted octanol–water partition coefficient (Wildman–Crippen LogP) is 1.88. The Bertz CT molecular complexity index is 794. The smallest absolute Gasteiger partial charge is 0.256 e. The second-order valence-electron chi connectivity index (χ2n) is 8.29. The Morgan fingerprint density at radius 2 is 1.92 bits per heavy atom. The SMILES string of the molecule is Cn1ncc(C(=O)N[C@H]2C3CC4CC2C[C@](O)(C4)C3)c1-n1cccc1. The zero-order chi connectivity index (χ0) is 17.2. The van der Waals surface area contributed by atoms with E-state index in [9.17, 15) is 9.90 Å². The van der Waals surface area contributed by atoms with Crippen molar-refractivity contribution in [1.82, 2.24) is 19.7 Å². The molecule has 2 aromatic rings. The van der Waals surface area contributed by atoms with Crippen LogP contribution in [-0.4, -0.2) is 37.0 Å². The zero-order valence-corrected chi connectivity index (χ0v) is 14.4. The van der Waals surface area contributed by atoms with E-state index in [0.29, 0.717) is 23.3 Å². The number of hydrogen-bond acceptors (Lipinski definition) is 3. The largest absolute Gasteiger partial charge is 0.390 e. The Labute approximate surface area is 146 Å². The first kappa shape index (κ1) is 15.2. The Morgan fingerprint density at radius 3 is 2.56 bits per heavy atom. The standard InChI is InChI=1S/C19H24N4O2/c1-22-18(23-4-2-3-5-23)15(11-20-22)17(24)21-16-13-6-12-7-14(16)10-19(25,8-12)9-13/h2-5,11-14,16,25H,6-10H2,1H3,(H,21,24)/t12?,13?,14?,16-,19-. The summed E-state index contributed by atoms with van der Waals surface area (Å²) in [5.74, 6) is 2.19. The van der Waals surface area contributed by atoms with Gasteiger partial charge in [0.15, 0.2) is 0 Å². The van der Waals surface area contributed by atoms with Crippen LogP contribution in [0, 0.1) is 17.8 Å². The second-order valence-corrected chi connectivity index (χ2v) is 8.29. The van der Waals surface area contributed by atoms with Crippen molar-refractivity contribution in [3.63, 3.8) is 0 Å². The molecule has 0 aliphatic heterocycles. The van der Waals surface area contributed by atoms with Crippen LogP contribution < -0.4 is 5.32 Å². The van der Waals surface area contributed by atoms with E-state index in [1.54, 1.807) is 10.9 Å². The molecule has 4 fully saturated rings. The topological polar surface area (TPSA) is 72.1 Å². The average Bonchev–Trinajstić information content (AvgIpc) is 3.18. The molecule has 6 heteroatoms. The molecule has 4 aliphatic carbocycles. The van der Waals surface area contributed by atoms with E-state index in [-0.39, 0.29) is 11.9 Å². The van der Waals surface area contributed by atoms with Gasteiger partial charge in [0.2, 0.25) is 0 Å². The first-order chi connectivity index (χ1) is 12.0. The van der Waals surface area contributed by atoms with Crippen LogP contribution in [-0.2, 0) is 7.05 Å². The maximum atomic E-state index is 13.0. The molecule has 0 radical (unpaired) electrons. The lowest BCUT2D eigenvalue weighted by Crippen LogP contribution is -2.61. The number of amides is 1. The third-order valence-electron chi connectivity index (χ3n) is 6.54. The Kier molecular flexibility index (Phi) is 3.17. The molecule has 6 nitrogen and oxygen atoms in total. The van der Waals surface area contributed by atoms with E-state index in [4.69, 9.17) is 0 Å². The van der Waals surface area contributed by atoms with Gasteiger partial charge in [-0.25, -0.2) is 0 Å². The summed E-state index contributed by atoms with van der Waals surface area (Å²) in [6, 6.07) is 4.06. The average molecular weight is 340 g/mol. The van der Waals surface area contributed by atoms with Gasteiger partial charge < -0.3 is 15.0 Å². The van der Waals surface area contributed by atoms with Gasteiger partial charge in [-0.05, 0) is 62.0 Å². The summed E-state index contributed by atoms with van der Waals surface area (Å²) in [6.07, 6.45) is 10.4. The number of carbonyl (C=O) groups is 1. The molecule has 4 bridgehead atoms. The first-order valence-electron chi connectivity index (χ1n) is 9.21. The predicted molar refractivity (Wildman–Crippen MR) is 92.3 cm³/mol. The van der Waals surface area contributed by atoms with Crippen molar-refractivity contribution in [3.8, 4) is 5.82 Å². The van der Waals surface area contributed by atoms with Crippen LogP contribution in [0.5, 0.6) is 0 Å². The third kappa shape index (κ3) is 2.34. The molecule has 6 rings (SSSR count). The van der Waals surface area contributed by atoms with Crippen molar-refractivity contribution < 1.29 is 9.90 Å². The van der Waals surface area contributed by atoms with Gasteiger partial charge in [-0.15, -0.1) is 0 Å². The van der Waals surface area contributed by atoms with Crippen LogP contribution >= 0.6 is 0 Å². The molecule has 2 heterocycles. The highest BCUT2D eigenvalue weighted by Gasteiger charge is 2.55. The number of aromatic nitrogens is 3. The molecule has 0 saturated heterocycles. The molecule has 25 heavy (non-hydrogen) atoms. The van der Waals surface area contributed by atoms with Crippen LogP contribution in [0.1, 0.15) is 42.5 Å². The van der Waals surface area contributed by atoms with Gasteiger partial charge in [0.1, 0.15) is 11.4 Å². The summed E-state index contributed by atoms with van der Waals surface area (Å²) < 4.78 is 3.65. The summed E-state index contributed by atoms with van der Waals surface area (Å²) in [4.78, 5) is 13.0. The molecule has 2 unspecified atom stereocenters. The maximum Gasteiger partial charge on any atom is 0.256 e. The van der Waals surface area contributed by atoms with Gasteiger partial charge in [-0.3, -0.25) is 9.48 Å². The minimum Gasteiger partial charge on any atom is -0.390 e. The molecular formula is C19H24N4O2. The number of aryl methyl sites for hydroxylation is 1. The van der Waals surface area contributed by atoms with E-state index in [2.05, 4.69) is 10.4 Å². The third-order valence-corrected chi connectivity index (χ3v) is 6.54. The number of aliphatic hydroxyl groups is 1. The lowest BCUT2D eigenvalue weighted by atomic mass is 9.52. The lowest BCUT2D eigenvalue weighted by Gasteiger charge is -2.58. The lowest BCUT2D eigenvalue weighted by molar-refractivity contribution is -0.136. The highest BCUT2D eigenvalue weighted by atomic mass is 16.3. The Morgan fingerprint density at radius 1 is 1.24 bits per heavy atom. The van der Waals surface area contributed by atoms with Gasteiger partial charge in [-0.2, -0.15) is 5.10 Å². The molecule has 0 spiro atoms. The van der Waals surface area contributed by atoms with Gasteiger partial charge in [0, 0.05) is 25.5 Å². The maximum absolute atomic E-state index is 13.0. The number of rotatable bonds is 3. The summed E-state index contributed by atoms with van der Waals surface area (Å²) >= 11 is 0. The van der Waals surface area contributed by atoms with E-state index in [1.165, 1.54) is 0 Å². The van der Waals surface area contributed by atoms with Gasteiger partial charge in [-0.1, -0.05) is 0 Å². The van der Waals surface area contributed by atoms with Gasteiger partial charge >= 0.3 is 0 Å². The molecule has 2 aromatic heterocycles. The summed E-state index contributed by atoms with van der Waals surface area (Å²) in [7, 11) is 1.85. The van der Waals surface area contributed by atoms with Crippen molar-refractivity contribution in [1.29, 1.82) is 0 Å². The summed E-state index contributed by atoms with van der Waals surface area (Å²) in [6.45, 7) is 0. The first-order valence-corrected chi connectivity index (χ1v) is 9.21. The van der Waals surface area contributed by atoms with Crippen LogP contribution in [0.15, 0.2) is 30.7 Å². The Balaban J connectivity index is 1.40. The van der Waals surface area contributed by atoms with Crippen molar-refractivity contribution in [2.24, 2.45) is 24.8 Å². The summed E-state index contributed by atoms with van der Waals surface area (Å²) in [5, 5.41) is 18.3. The van der Waals surface area contributed by atoms with E-state index >= 15 is 0 Å². The molecule has 132 valence electrons. The molecular weight excluding hydrogens is 316 g/mol. The molecule has 4 aliphatic rings. The highest BCUT2D eigenvalue weighted by Crippen LogP contribution is 2.55. The van der Waals surface area contributed by atoms with Crippen molar-refractivity contribution >= 4 is 5.91 Å². The molecule has 4 saturated carbocycles. The second kappa shape index (κ2) is 5.21. The summed E-state index contributed by atoms with van der Waals surface area (Å²) in [5.41, 5.74) is 0.133. The van der Waals surface area contributed by atoms with Crippen molar-refractivity contribution in [2.75, 3.05) is 0 Å². The molecule has 2 atom stereocenters. The van der Waals surface area contributed by atoms with Crippen LogP contribution in [0.3, 0.4) is 0 Å². The molecule has 0 aromatic carbocycles. The zero-order valence-electron chi connectivity index (χ0n) is 14.4. The number of nitrogens with zero attached hydrogens (tertiary/aromatic N) is 3. The fraction of sp³-hybridized carbons (Fsp3) is 0.579. The van der Waals surface area contributed by atoms with Crippen LogP contribution in [0.25, 0.3) is 5.82 Å². The fourth-order valence-corrected chi connectivity index (χ4v) is 5.82. The highest BCUT2D eigenvalue weighted by molar-refractivity contribution is 5.97. The number of nitrogens with one attached hydrogen (secondary N) is 1. The number of carbonyl (C=O) groups excluding carboxylic acids is 1. The van der Waals surface area contributed by atoms with Crippen LogP contribution in [0.4, 0.5) is 0 Å². The Hall–Kier alpha value is -2.08. The fourth-order valence-electron chi connectivity index (χ4n) is 5.82. The van der Waals surface area contributed by atoms with E-state index < -0.39 is 5.60 Å². The van der Waals surface area contributed by atoms with Gasteiger partial charge in [0.25, 0.3) is 5.91 Å². The molecule has 1 amide bonds. The normalized spacial score (nSPS) is 35.9. The quantitative estimate of drug-likeness (QED) is 0.896. The van der Waals surface area contributed by atoms with E-state index in [0.717, 1.165) is 37.9 Å². The number of hydrogen-bond donors (Lipinski definition) is 2. The molecule has 2 N–H and O–H groups in total. The van der Waals surface area contributed by atoms with E-state index in [1.807, 2.05) is 36.1 Å². The minimum absolute atomic E-state index is 0.0544. The van der Waals surface area contributed by atoms with Crippen molar-refractivity contribution in [2.45, 2.75) is 43.7 Å². The van der Waals surface area contributed by atoms with Gasteiger partial charge in [0.05, 0.1) is 11.8 Å². The minimum atomic E-state index is -0.470. The monoisotopic (exact) mass is 340 g/mol. The van der Waals surface area contributed by atoms with Crippen LogP contribution in [0.2, 0.25) is 0 Å².